The van der Waals surface area contributed by atoms with E-state index in [2.05, 4.69) is 20.4 Å². The van der Waals surface area contributed by atoms with Crippen LogP contribution in [0.25, 0.3) is 10.9 Å². The highest BCUT2D eigenvalue weighted by Crippen LogP contribution is 2.31. The van der Waals surface area contributed by atoms with Gasteiger partial charge in [-0.25, -0.2) is 4.79 Å². The molecule has 0 radical (unpaired) electrons. The van der Waals surface area contributed by atoms with E-state index in [1.54, 1.807) is 12.1 Å². The van der Waals surface area contributed by atoms with Crippen LogP contribution in [0.5, 0.6) is 5.75 Å². The molecule has 1 aromatic heterocycles. The molecule has 1 aliphatic carbocycles. The summed E-state index contributed by atoms with van der Waals surface area (Å²) in [6, 6.07) is 6.19. The third-order valence-electron chi connectivity index (χ3n) is 3.89. The number of rotatable bonds is 4. The Hall–Kier alpha value is -2.44. The van der Waals surface area contributed by atoms with Crippen LogP contribution in [0.4, 0.5) is 19.3 Å². The number of carbonyl (C=O) groups excluding carboxylic acids is 1. The van der Waals surface area contributed by atoms with Gasteiger partial charge in [-0.15, -0.1) is 0 Å². The number of alkyl halides is 2. The summed E-state index contributed by atoms with van der Waals surface area (Å²) < 4.78 is 29.4. The van der Waals surface area contributed by atoms with Gasteiger partial charge in [0.25, 0.3) is 0 Å². The Balaban J connectivity index is 1.82. The Morgan fingerprint density at radius 2 is 2.04 bits per heavy atom. The lowest BCUT2D eigenvalue weighted by molar-refractivity contribution is -0.0489. The van der Waals surface area contributed by atoms with Crippen molar-refractivity contribution in [1.82, 2.24) is 10.3 Å². The zero-order valence-electron chi connectivity index (χ0n) is 12.4. The van der Waals surface area contributed by atoms with Crippen LogP contribution in [0.15, 0.2) is 30.5 Å². The van der Waals surface area contributed by atoms with Crippen molar-refractivity contribution >= 4 is 22.6 Å². The molecule has 7 heteroatoms. The average molecular weight is 321 g/mol. The number of nitrogens with one attached hydrogen (secondary N) is 2. The quantitative estimate of drug-likeness (QED) is 0.897. The van der Waals surface area contributed by atoms with Gasteiger partial charge >= 0.3 is 12.6 Å². The second-order valence-corrected chi connectivity index (χ2v) is 5.47. The first kappa shape index (κ1) is 15.5. The molecule has 1 aliphatic rings. The molecule has 0 unspecified atom stereocenters. The van der Waals surface area contributed by atoms with Crippen molar-refractivity contribution in [3.8, 4) is 5.75 Å². The normalized spacial score (nSPS) is 15.1. The minimum atomic E-state index is -2.93. The average Bonchev–Trinajstić information content (AvgIpc) is 3.02. The molecule has 0 bridgehead atoms. The fourth-order valence-electron chi connectivity index (χ4n) is 2.86. The van der Waals surface area contributed by atoms with Crippen molar-refractivity contribution in [1.29, 1.82) is 0 Å². The number of fused-ring (bicyclic) bond motifs is 1. The predicted molar refractivity (Wildman–Crippen MR) is 82.8 cm³/mol. The van der Waals surface area contributed by atoms with E-state index >= 15 is 0 Å². The molecule has 23 heavy (non-hydrogen) atoms. The van der Waals surface area contributed by atoms with Gasteiger partial charge in [0.05, 0.1) is 5.69 Å². The van der Waals surface area contributed by atoms with Crippen LogP contribution in [0.3, 0.4) is 0 Å². The van der Waals surface area contributed by atoms with Crippen molar-refractivity contribution in [2.45, 2.75) is 38.3 Å². The smallest absolute Gasteiger partial charge is 0.387 e. The zero-order chi connectivity index (χ0) is 16.2. The van der Waals surface area contributed by atoms with E-state index in [-0.39, 0.29) is 23.3 Å². The lowest BCUT2D eigenvalue weighted by atomic mass is 10.1. The Morgan fingerprint density at radius 3 is 2.78 bits per heavy atom. The van der Waals surface area contributed by atoms with Crippen molar-refractivity contribution in [2.75, 3.05) is 5.32 Å². The number of halogens is 2. The van der Waals surface area contributed by atoms with Crippen LogP contribution < -0.4 is 15.4 Å². The number of urea groups is 1. The zero-order valence-corrected chi connectivity index (χ0v) is 12.4. The highest BCUT2D eigenvalue weighted by molar-refractivity contribution is 6.02. The molecule has 3 rings (SSSR count). The number of ether oxygens (including phenoxy) is 1. The lowest BCUT2D eigenvalue weighted by Crippen LogP contribution is -2.36. The Labute approximate surface area is 132 Å². The second kappa shape index (κ2) is 6.76. The summed E-state index contributed by atoms with van der Waals surface area (Å²) in [4.78, 5) is 16.2. The van der Waals surface area contributed by atoms with E-state index in [9.17, 15) is 13.6 Å². The molecule has 1 fully saturated rings. The number of hydrogen-bond acceptors (Lipinski definition) is 3. The summed E-state index contributed by atoms with van der Waals surface area (Å²) in [6.07, 6.45) is 5.70. The van der Waals surface area contributed by atoms with Gasteiger partial charge in [-0.2, -0.15) is 8.78 Å². The maximum Gasteiger partial charge on any atom is 0.387 e. The number of amides is 2. The molecule has 0 saturated heterocycles. The molecule has 2 amide bonds. The number of anilines is 1. The molecule has 2 aromatic rings. The standard InChI is InChI=1S/C16H17F2N3O2/c17-15(18)23-13-8-7-12(11-6-3-9-19-14(11)13)21-16(22)20-10-4-1-2-5-10/h3,6-10,15H,1-2,4-5H2,(H2,20,21,22). The van der Waals surface area contributed by atoms with E-state index in [0.717, 1.165) is 25.7 Å². The number of hydrogen-bond donors (Lipinski definition) is 2. The van der Waals surface area contributed by atoms with E-state index < -0.39 is 6.61 Å². The Morgan fingerprint density at radius 1 is 1.26 bits per heavy atom. The van der Waals surface area contributed by atoms with E-state index in [1.165, 1.54) is 18.3 Å². The minimum absolute atomic E-state index is 0.0163. The van der Waals surface area contributed by atoms with Crippen molar-refractivity contribution in [3.63, 3.8) is 0 Å². The summed E-state index contributed by atoms with van der Waals surface area (Å²) in [5, 5.41) is 6.22. The van der Waals surface area contributed by atoms with Gasteiger partial charge < -0.3 is 15.4 Å². The molecular weight excluding hydrogens is 304 g/mol. The van der Waals surface area contributed by atoms with Crippen LogP contribution in [-0.2, 0) is 0 Å². The van der Waals surface area contributed by atoms with Gasteiger partial charge in [-0.05, 0) is 37.1 Å². The molecule has 0 atom stereocenters. The maximum atomic E-state index is 12.5. The molecule has 5 nitrogen and oxygen atoms in total. The number of aromatic nitrogens is 1. The molecule has 122 valence electrons. The largest absolute Gasteiger partial charge is 0.432 e. The third-order valence-corrected chi connectivity index (χ3v) is 3.89. The van der Waals surface area contributed by atoms with Gasteiger partial charge in [0, 0.05) is 17.6 Å². The summed E-state index contributed by atoms with van der Waals surface area (Å²) in [5.74, 6) is -0.0163. The summed E-state index contributed by atoms with van der Waals surface area (Å²) in [7, 11) is 0. The first-order valence-electron chi connectivity index (χ1n) is 7.53. The summed E-state index contributed by atoms with van der Waals surface area (Å²) in [5.41, 5.74) is 0.789. The topological polar surface area (TPSA) is 63.2 Å². The van der Waals surface area contributed by atoms with Crippen LogP contribution in [0, 0.1) is 0 Å². The van der Waals surface area contributed by atoms with Gasteiger partial charge in [-0.3, -0.25) is 4.98 Å². The summed E-state index contributed by atoms with van der Waals surface area (Å²) >= 11 is 0. The van der Waals surface area contributed by atoms with E-state index in [1.807, 2.05) is 0 Å². The van der Waals surface area contributed by atoms with Crippen LogP contribution in [0.2, 0.25) is 0 Å². The molecule has 1 heterocycles. The van der Waals surface area contributed by atoms with Gasteiger partial charge in [0.2, 0.25) is 0 Å². The van der Waals surface area contributed by atoms with Gasteiger partial charge in [0.15, 0.2) is 5.75 Å². The molecule has 0 spiro atoms. The summed E-state index contributed by atoms with van der Waals surface area (Å²) in [6.45, 7) is -2.93. The monoisotopic (exact) mass is 321 g/mol. The number of pyridine rings is 1. The SMILES string of the molecule is O=C(Nc1ccc(OC(F)F)c2ncccc12)NC1CCCC1. The molecule has 1 saturated carbocycles. The van der Waals surface area contributed by atoms with Crippen LogP contribution >= 0.6 is 0 Å². The highest BCUT2D eigenvalue weighted by atomic mass is 19.3. The fraction of sp³-hybridized carbons (Fsp3) is 0.375. The number of benzene rings is 1. The van der Waals surface area contributed by atoms with Crippen molar-refractivity contribution in [3.05, 3.63) is 30.5 Å². The van der Waals surface area contributed by atoms with Crippen LogP contribution in [-0.4, -0.2) is 23.7 Å². The Bertz CT molecular complexity index is 703. The fourth-order valence-corrected chi connectivity index (χ4v) is 2.86. The third kappa shape index (κ3) is 3.67. The second-order valence-electron chi connectivity index (χ2n) is 5.47. The molecule has 2 N–H and O–H groups in total. The first-order chi connectivity index (χ1) is 11.1. The maximum absolute atomic E-state index is 12.5. The highest BCUT2D eigenvalue weighted by Gasteiger charge is 2.18. The van der Waals surface area contributed by atoms with E-state index in [4.69, 9.17) is 0 Å². The first-order valence-corrected chi connectivity index (χ1v) is 7.53. The van der Waals surface area contributed by atoms with Crippen LogP contribution in [0.1, 0.15) is 25.7 Å². The van der Waals surface area contributed by atoms with Gasteiger partial charge in [-0.1, -0.05) is 12.8 Å². The minimum Gasteiger partial charge on any atom is -0.432 e. The van der Waals surface area contributed by atoms with Gasteiger partial charge in [0.1, 0.15) is 5.52 Å². The van der Waals surface area contributed by atoms with E-state index in [0.29, 0.717) is 11.1 Å². The van der Waals surface area contributed by atoms with Crippen molar-refractivity contribution in [2.24, 2.45) is 0 Å². The number of nitrogens with zero attached hydrogens (tertiary/aromatic N) is 1. The molecular formula is C16H17F2N3O2. The van der Waals surface area contributed by atoms with Crippen molar-refractivity contribution < 1.29 is 18.3 Å². The lowest BCUT2D eigenvalue weighted by Gasteiger charge is -2.15. The number of carbonyl (C=O) groups is 1. The predicted octanol–water partition coefficient (Wildman–Crippen LogP) is 3.90. The molecule has 0 aliphatic heterocycles. The Kier molecular flexibility index (Phi) is 4.55. The molecule has 1 aromatic carbocycles.